The molecule has 5 heteroatoms. The second kappa shape index (κ2) is 6.43. The number of amides is 1. The molecule has 0 radical (unpaired) electrons. The molecule has 1 saturated carbocycles. The Hall–Kier alpha value is -1.62. The zero-order valence-electron chi connectivity index (χ0n) is 12.9. The van der Waals surface area contributed by atoms with E-state index in [0.717, 1.165) is 25.7 Å². The van der Waals surface area contributed by atoms with E-state index in [1.807, 2.05) is 6.92 Å². The number of nitrogens with one attached hydrogen (secondary N) is 1. The van der Waals surface area contributed by atoms with Gasteiger partial charge in [-0.05, 0) is 44.6 Å². The molecule has 1 aliphatic rings. The minimum Gasteiger partial charge on any atom is -0.329 e. The van der Waals surface area contributed by atoms with E-state index in [4.69, 9.17) is 5.73 Å². The summed E-state index contributed by atoms with van der Waals surface area (Å²) in [6.07, 6.45) is 5.45. The topological polar surface area (TPSA) is 77.1 Å². The van der Waals surface area contributed by atoms with E-state index in [-0.39, 0.29) is 11.5 Å². The van der Waals surface area contributed by atoms with Gasteiger partial charge in [-0.3, -0.25) is 9.59 Å². The predicted octanol–water partition coefficient (Wildman–Crippen LogP) is 1.96. The van der Waals surface area contributed by atoms with Crippen LogP contribution in [0.3, 0.4) is 0 Å². The number of carbonyl (C=O) groups excluding carboxylic acids is 1. The Labute approximate surface area is 125 Å². The van der Waals surface area contributed by atoms with Gasteiger partial charge in [-0.15, -0.1) is 0 Å². The molecule has 1 aromatic heterocycles. The van der Waals surface area contributed by atoms with Crippen LogP contribution in [0.15, 0.2) is 23.1 Å². The molecule has 0 aromatic carbocycles. The number of nitrogens with two attached hydrogens (primary N) is 1. The summed E-state index contributed by atoms with van der Waals surface area (Å²) in [6, 6.07) is 3.14. The standard InChI is InChI=1S/C16H25N3O2/c1-3-19-10-13(4-5-14(19)20)18-15(21)16(11-17)8-6-12(2)7-9-16/h4-5,10,12H,3,6-9,11,17H2,1-2H3,(H,18,21). The lowest BCUT2D eigenvalue weighted by atomic mass is 9.70. The summed E-state index contributed by atoms with van der Waals surface area (Å²) in [4.78, 5) is 24.2. The van der Waals surface area contributed by atoms with Gasteiger partial charge in [0.1, 0.15) is 0 Å². The summed E-state index contributed by atoms with van der Waals surface area (Å²) in [7, 11) is 0. The third kappa shape index (κ3) is 3.35. The molecule has 0 bridgehead atoms. The van der Waals surface area contributed by atoms with Crippen LogP contribution in [0.1, 0.15) is 39.5 Å². The largest absolute Gasteiger partial charge is 0.329 e. The number of aromatic nitrogens is 1. The minimum atomic E-state index is -0.459. The first-order chi connectivity index (χ1) is 10.0. The molecule has 1 aromatic rings. The number of aryl methyl sites for hydroxylation is 1. The van der Waals surface area contributed by atoms with Crippen LogP contribution in [0.2, 0.25) is 0 Å². The van der Waals surface area contributed by atoms with Crippen molar-refractivity contribution in [3.63, 3.8) is 0 Å². The molecular formula is C16H25N3O2. The SMILES string of the molecule is CCn1cc(NC(=O)C2(CN)CCC(C)CC2)ccc1=O. The summed E-state index contributed by atoms with van der Waals surface area (Å²) in [5.41, 5.74) is 6.04. The van der Waals surface area contributed by atoms with Crippen LogP contribution in [-0.4, -0.2) is 17.0 Å². The Morgan fingerprint density at radius 1 is 1.43 bits per heavy atom. The van der Waals surface area contributed by atoms with Gasteiger partial charge in [0.2, 0.25) is 5.91 Å². The molecule has 3 N–H and O–H groups in total. The molecule has 0 unspecified atom stereocenters. The summed E-state index contributed by atoms with van der Waals surface area (Å²) < 4.78 is 1.58. The Kier molecular flexibility index (Phi) is 4.83. The monoisotopic (exact) mass is 291 g/mol. The highest BCUT2D eigenvalue weighted by molar-refractivity contribution is 5.95. The number of pyridine rings is 1. The van der Waals surface area contributed by atoms with E-state index in [9.17, 15) is 9.59 Å². The quantitative estimate of drug-likeness (QED) is 0.890. The van der Waals surface area contributed by atoms with Crippen molar-refractivity contribution in [2.45, 2.75) is 46.1 Å². The predicted molar refractivity (Wildman–Crippen MR) is 84.1 cm³/mol. The fourth-order valence-electron chi connectivity index (χ4n) is 2.95. The number of anilines is 1. The Balaban J connectivity index is 2.14. The molecule has 1 amide bonds. The third-order valence-corrected chi connectivity index (χ3v) is 4.69. The van der Waals surface area contributed by atoms with Crippen molar-refractivity contribution in [2.75, 3.05) is 11.9 Å². The fourth-order valence-corrected chi connectivity index (χ4v) is 2.95. The van der Waals surface area contributed by atoms with Crippen molar-refractivity contribution in [1.29, 1.82) is 0 Å². The van der Waals surface area contributed by atoms with Crippen molar-refractivity contribution in [1.82, 2.24) is 4.57 Å². The summed E-state index contributed by atoms with van der Waals surface area (Å²) in [5.74, 6) is 0.651. The third-order valence-electron chi connectivity index (χ3n) is 4.69. The lowest BCUT2D eigenvalue weighted by Gasteiger charge is -2.37. The average molecular weight is 291 g/mol. The van der Waals surface area contributed by atoms with E-state index in [1.165, 1.54) is 6.07 Å². The smallest absolute Gasteiger partial charge is 0.250 e. The normalized spacial score (nSPS) is 25.6. The number of carbonyl (C=O) groups is 1. The molecule has 2 rings (SSSR count). The summed E-state index contributed by atoms with van der Waals surface area (Å²) in [5, 5.41) is 2.94. The second-order valence-corrected chi connectivity index (χ2v) is 6.16. The van der Waals surface area contributed by atoms with Crippen LogP contribution in [-0.2, 0) is 11.3 Å². The van der Waals surface area contributed by atoms with Crippen molar-refractivity contribution >= 4 is 11.6 Å². The van der Waals surface area contributed by atoms with Crippen LogP contribution in [0, 0.1) is 11.3 Å². The van der Waals surface area contributed by atoms with Crippen LogP contribution >= 0.6 is 0 Å². The molecule has 0 atom stereocenters. The van der Waals surface area contributed by atoms with Crippen LogP contribution in [0.5, 0.6) is 0 Å². The van der Waals surface area contributed by atoms with Crippen molar-refractivity contribution < 1.29 is 4.79 Å². The zero-order chi connectivity index (χ0) is 15.5. The van der Waals surface area contributed by atoms with Crippen molar-refractivity contribution in [3.8, 4) is 0 Å². The van der Waals surface area contributed by atoms with Crippen LogP contribution in [0.25, 0.3) is 0 Å². The first-order valence-corrected chi connectivity index (χ1v) is 7.73. The van der Waals surface area contributed by atoms with E-state index in [0.29, 0.717) is 24.7 Å². The van der Waals surface area contributed by atoms with Gasteiger partial charge in [0.15, 0.2) is 0 Å². The van der Waals surface area contributed by atoms with Crippen molar-refractivity contribution in [3.05, 3.63) is 28.7 Å². The van der Waals surface area contributed by atoms with Gasteiger partial charge in [-0.1, -0.05) is 6.92 Å². The number of nitrogens with zero attached hydrogens (tertiary/aromatic N) is 1. The van der Waals surface area contributed by atoms with Crippen LogP contribution in [0.4, 0.5) is 5.69 Å². The maximum absolute atomic E-state index is 12.6. The Bertz CT molecular complexity index is 557. The fraction of sp³-hybridized carbons (Fsp3) is 0.625. The maximum atomic E-state index is 12.6. The van der Waals surface area contributed by atoms with Gasteiger partial charge in [0.05, 0.1) is 11.1 Å². The molecular weight excluding hydrogens is 266 g/mol. The summed E-state index contributed by atoms with van der Waals surface area (Å²) >= 11 is 0. The van der Waals surface area contributed by atoms with E-state index < -0.39 is 5.41 Å². The lowest BCUT2D eigenvalue weighted by Crippen LogP contribution is -2.45. The molecule has 0 saturated heterocycles. The van der Waals surface area contributed by atoms with Gasteiger partial charge in [0.25, 0.3) is 5.56 Å². The molecule has 116 valence electrons. The highest BCUT2D eigenvalue weighted by Crippen LogP contribution is 2.38. The van der Waals surface area contributed by atoms with Crippen molar-refractivity contribution in [2.24, 2.45) is 17.1 Å². The van der Waals surface area contributed by atoms with E-state index in [1.54, 1.807) is 16.8 Å². The molecule has 0 aliphatic heterocycles. The molecule has 5 nitrogen and oxygen atoms in total. The molecule has 21 heavy (non-hydrogen) atoms. The van der Waals surface area contributed by atoms with Gasteiger partial charge in [-0.25, -0.2) is 0 Å². The number of hydrogen-bond donors (Lipinski definition) is 2. The van der Waals surface area contributed by atoms with Gasteiger partial charge < -0.3 is 15.6 Å². The highest BCUT2D eigenvalue weighted by atomic mass is 16.2. The number of hydrogen-bond acceptors (Lipinski definition) is 3. The second-order valence-electron chi connectivity index (χ2n) is 6.16. The highest BCUT2D eigenvalue weighted by Gasteiger charge is 2.39. The lowest BCUT2D eigenvalue weighted by molar-refractivity contribution is -0.127. The van der Waals surface area contributed by atoms with Gasteiger partial charge in [0, 0.05) is 25.4 Å². The Morgan fingerprint density at radius 3 is 2.67 bits per heavy atom. The summed E-state index contributed by atoms with van der Waals surface area (Å²) in [6.45, 7) is 5.08. The van der Waals surface area contributed by atoms with Gasteiger partial charge in [-0.2, -0.15) is 0 Å². The molecule has 0 spiro atoms. The molecule has 1 aliphatic carbocycles. The molecule has 1 fully saturated rings. The first-order valence-electron chi connectivity index (χ1n) is 7.73. The van der Waals surface area contributed by atoms with Gasteiger partial charge >= 0.3 is 0 Å². The Morgan fingerprint density at radius 2 is 2.10 bits per heavy atom. The average Bonchev–Trinajstić information content (AvgIpc) is 2.50. The maximum Gasteiger partial charge on any atom is 0.250 e. The van der Waals surface area contributed by atoms with E-state index in [2.05, 4.69) is 12.2 Å². The minimum absolute atomic E-state index is 0.0156. The first kappa shape index (κ1) is 15.8. The van der Waals surface area contributed by atoms with Crippen LogP contribution < -0.4 is 16.6 Å². The molecule has 1 heterocycles. The number of rotatable bonds is 4. The zero-order valence-corrected chi connectivity index (χ0v) is 12.9. The van der Waals surface area contributed by atoms with E-state index >= 15 is 0 Å².